The number of imidazole rings is 1. The monoisotopic (exact) mass is 296 g/mol. The molecule has 0 atom stereocenters. The Kier molecular flexibility index (Phi) is 3.48. The normalized spacial score (nSPS) is 17.6. The van der Waals surface area contributed by atoms with Crippen LogP contribution in [0.5, 0.6) is 0 Å². The van der Waals surface area contributed by atoms with Gasteiger partial charge in [-0.15, -0.1) is 11.6 Å². The Labute approximate surface area is 123 Å². The predicted octanol–water partition coefficient (Wildman–Crippen LogP) is 4.66. The quantitative estimate of drug-likeness (QED) is 0.750. The van der Waals surface area contributed by atoms with Crippen LogP contribution in [0.2, 0.25) is 5.02 Å². The molecule has 0 saturated heterocycles. The molecular weight excluding hydrogens is 279 g/mol. The molecule has 2 aromatic rings. The molecule has 0 aliphatic heterocycles. The van der Waals surface area contributed by atoms with E-state index in [0.29, 0.717) is 11.3 Å². The SMILES string of the molecule is CC1(Cn2c(CCCl)nc3cccc(Cl)c32)CCC1. The van der Waals surface area contributed by atoms with E-state index in [1.165, 1.54) is 19.3 Å². The number of hydrogen-bond donors (Lipinski definition) is 0. The molecule has 1 aliphatic carbocycles. The second-order valence-corrected chi connectivity index (χ2v) is 6.61. The first-order valence-corrected chi connectivity index (χ1v) is 7.74. The van der Waals surface area contributed by atoms with Crippen molar-refractivity contribution in [1.82, 2.24) is 9.55 Å². The Hall–Kier alpha value is -0.730. The van der Waals surface area contributed by atoms with Crippen LogP contribution in [-0.2, 0) is 13.0 Å². The Morgan fingerprint density at radius 2 is 2.16 bits per heavy atom. The van der Waals surface area contributed by atoms with Gasteiger partial charge in [0.2, 0.25) is 0 Å². The number of rotatable bonds is 4. The topological polar surface area (TPSA) is 17.8 Å². The molecule has 0 unspecified atom stereocenters. The predicted molar refractivity (Wildman–Crippen MR) is 81.1 cm³/mol. The second kappa shape index (κ2) is 4.99. The van der Waals surface area contributed by atoms with Gasteiger partial charge in [-0.05, 0) is 30.4 Å². The minimum atomic E-state index is 0.397. The molecule has 1 heterocycles. The summed E-state index contributed by atoms with van der Waals surface area (Å²) in [5.74, 6) is 1.66. The summed E-state index contributed by atoms with van der Waals surface area (Å²) >= 11 is 12.3. The first-order chi connectivity index (χ1) is 9.13. The number of alkyl halides is 1. The van der Waals surface area contributed by atoms with Crippen molar-refractivity contribution in [3.8, 4) is 0 Å². The molecule has 1 saturated carbocycles. The summed E-state index contributed by atoms with van der Waals surface area (Å²) in [6.45, 7) is 3.35. The summed E-state index contributed by atoms with van der Waals surface area (Å²) in [6, 6.07) is 5.92. The number of nitrogens with zero attached hydrogens (tertiary/aromatic N) is 2. The van der Waals surface area contributed by atoms with Gasteiger partial charge in [0.25, 0.3) is 0 Å². The number of fused-ring (bicyclic) bond motifs is 1. The van der Waals surface area contributed by atoms with Crippen molar-refractivity contribution in [2.24, 2.45) is 5.41 Å². The molecule has 3 rings (SSSR count). The second-order valence-electron chi connectivity index (χ2n) is 5.82. The van der Waals surface area contributed by atoms with Gasteiger partial charge in [-0.2, -0.15) is 0 Å². The van der Waals surface area contributed by atoms with Crippen LogP contribution in [-0.4, -0.2) is 15.4 Å². The average molecular weight is 297 g/mol. The average Bonchev–Trinajstić information content (AvgIpc) is 2.67. The van der Waals surface area contributed by atoms with Crippen LogP contribution in [0.25, 0.3) is 11.0 Å². The number of para-hydroxylation sites is 1. The van der Waals surface area contributed by atoms with Crippen LogP contribution in [0.3, 0.4) is 0 Å². The lowest BCUT2D eigenvalue weighted by Gasteiger charge is -2.39. The van der Waals surface area contributed by atoms with E-state index in [2.05, 4.69) is 11.5 Å². The number of aromatic nitrogens is 2. The van der Waals surface area contributed by atoms with Crippen molar-refractivity contribution >= 4 is 34.2 Å². The molecule has 19 heavy (non-hydrogen) atoms. The van der Waals surface area contributed by atoms with Gasteiger partial charge < -0.3 is 4.57 Å². The highest BCUT2D eigenvalue weighted by atomic mass is 35.5. The summed E-state index contributed by atoms with van der Waals surface area (Å²) in [5, 5.41) is 0.786. The van der Waals surface area contributed by atoms with Gasteiger partial charge in [0.1, 0.15) is 5.82 Å². The molecule has 1 aromatic heterocycles. The molecule has 0 N–H and O–H groups in total. The summed E-state index contributed by atoms with van der Waals surface area (Å²) in [5.41, 5.74) is 2.45. The number of benzene rings is 1. The third-order valence-corrected chi connectivity index (χ3v) is 4.71. The molecule has 102 valence electrons. The Morgan fingerprint density at radius 1 is 1.37 bits per heavy atom. The van der Waals surface area contributed by atoms with Crippen molar-refractivity contribution in [2.45, 2.75) is 39.2 Å². The van der Waals surface area contributed by atoms with Crippen LogP contribution in [0, 0.1) is 5.41 Å². The molecule has 0 bridgehead atoms. The minimum Gasteiger partial charge on any atom is -0.326 e. The van der Waals surface area contributed by atoms with Crippen LogP contribution >= 0.6 is 23.2 Å². The zero-order valence-corrected chi connectivity index (χ0v) is 12.6. The Bertz CT molecular complexity index is 599. The summed E-state index contributed by atoms with van der Waals surface area (Å²) < 4.78 is 2.29. The van der Waals surface area contributed by atoms with Crippen molar-refractivity contribution in [2.75, 3.05) is 5.88 Å². The van der Waals surface area contributed by atoms with Crippen LogP contribution < -0.4 is 0 Å². The largest absolute Gasteiger partial charge is 0.326 e. The molecule has 1 aliphatic rings. The minimum absolute atomic E-state index is 0.397. The number of aryl methyl sites for hydroxylation is 1. The Morgan fingerprint density at radius 3 is 2.79 bits per heavy atom. The fourth-order valence-corrected chi connectivity index (χ4v) is 3.40. The van der Waals surface area contributed by atoms with E-state index in [0.717, 1.165) is 34.8 Å². The molecule has 0 spiro atoms. The zero-order valence-electron chi connectivity index (χ0n) is 11.1. The third-order valence-electron chi connectivity index (χ3n) is 4.22. The maximum absolute atomic E-state index is 6.37. The standard InChI is InChI=1S/C15H18Cl2N2/c1-15(7-3-8-15)10-19-13(6-9-16)18-12-5-2-4-11(17)14(12)19/h2,4-5H,3,6-10H2,1H3. The molecule has 4 heteroatoms. The molecule has 1 fully saturated rings. The molecule has 0 amide bonds. The van der Waals surface area contributed by atoms with Gasteiger partial charge in [0.05, 0.1) is 16.1 Å². The highest BCUT2D eigenvalue weighted by Crippen LogP contribution is 2.43. The number of hydrogen-bond acceptors (Lipinski definition) is 1. The van der Waals surface area contributed by atoms with Gasteiger partial charge in [0, 0.05) is 18.8 Å². The maximum atomic E-state index is 6.37. The zero-order chi connectivity index (χ0) is 13.5. The highest BCUT2D eigenvalue weighted by molar-refractivity contribution is 6.35. The van der Waals surface area contributed by atoms with Crippen molar-refractivity contribution < 1.29 is 0 Å². The summed E-state index contributed by atoms with van der Waals surface area (Å²) in [7, 11) is 0. The maximum Gasteiger partial charge on any atom is 0.111 e. The third kappa shape index (κ3) is 2.36. The molecule has 2 nitrogen and oxygen atoms in total. The van der Waals surface area contributed by atoms with E-state index >= 15 is 0 Å². The van der Waals surface area contributed by atoms with E-state index in [1.807, 2.05) is 18.2 Å². The van der Waals surface area contributed by atoms with Crippen LogP contribution in [0.1, 0.15) is 32.0 Å². The fraction of sp³-hybridized carbons (Fsp3) is 0.533. The van der Waals surface area contributed by atoms with Crippen LogP contribution in [0.4, 0.5) is 0 Å². The van der Waals surface area contributed by atoms with Crippen molar-refractivity contribution in [3.63, 3.8) is 0 Å². The van der Waals surface area contributed by atoms with Crippen LogP contribution in [0.15, 0.2) is 18.2 Å². The Balaban J connectivity index is 2.10. The van der Waals surface area contributed by atoms with Crippen molar-refractivity contribution in [3.05, 3.63) is 29.0 Å². The molecule has 1 aromatic carbocycles. The summed E-state index contributed by atoms with van der Waals surface area (Å²) in [6.07, 6.45) is 4.71. The van der Waals surface area contributed by atoms with Gasteiger partial charge in [-0.25, -0.2) is 4.98 Å². The van der Waals surface area contributed by atoms with Gasteiger partial charge in [-0.1, -0.05) is 31.0 Å². The van der Waals surface area contributed by atoms with E-state index in [1.54, 1.807) is 0 Å². The lowest BCUT2D eigenvalue weighted by atomic mass is 9.70. The highest BCUT2D eigenvalue weighted by Gasteiger charge is 2.33. The van der Waals surface area contributed by atoms with Crippen molar-refractivity contribution in [1.29, 1.82) is 0 Å². The molecular formula is C15H18Cl2N2. The van der Waals surface area contributed by atoms with E-state index in [9.17, 15) is 0 Å². The lowest BCUT2D eigenvalue weighted by molar-refractivity contribution is 0.132. The molecule has 0 radical (unpaired) electrons. The lowest BCUT2D eigenvalue weighted by Crippen LogP contribution is -2.31. The number of halogens is 2. The first-order valence-electron chi connectivity index (χ1n) is 6.83. The van der Waals surface area contributed by atoms with E-state index in [-0.39, 0.29) is 0 Å². The van der Waals surface area contributed by atoms with Gasteiger partial charge in [-0.3, -0.25) is 0 Å². The van der Waals surface area contributed by atoms with Gasteiger partial charge >= 0.3 is 0 Å². The smallest absolute Gasteiger partial charge is 0.111 e. The van der Waals surface area contributed by atoms with Gasteiger partial charge in [0.15, 0.2) is 0 Å². The first kappa shape index (κ1) is 13.3. The fourth-order valence-electron chi connectivity index (χ4n) is 2.96. The van der Waals surface area contributed by atoms with E-state index in [4.69, 9.17) is 28.2 Å². The van der Waals surface area contributed by atoms with E-state index < -0.39 is 0 Å². The summed E-state index contributed by atoms with van der Waals surface area (Å²) in [4.78, 5) is 4.70.